The molecular weight excluding hydrogens is 222 g/mol. The molecule has 6 nitrogen and oxygen atoms in total. The van der Waals surface area contributed by atoms with Crippen LogP contribution in [0.5, 0.6) is 0 Å². The summed E-state index contributed by atoms with van der Waals surface area (Å²) >= 11 is 5.48. The number of carboxylic acids is 1. The monoisotopic (exact) mass is 229 g/mol. The van der Waals surface area contributed by atoms with E-state index in [9.17, 15) is 9.59 Å². The van der Waals surface area contributed by atoms with Gasteiger partial charge in [0.25, 0.3) is 0 Å². The van der Waals surface area contributed by atoms with Crippen LogP contribution in [0.2, 0.25) is 5.15 Å². The Balaban J connectivity index is 2.66. The molecule has 0 aliphatic heterocycles. The molecule has 0 aliphatic carbocycles. The number of anilines is 1. The number of carbonyl (C=O) groups excluding carboxylic acids is 1. The Morgan fingerprint density at radius 2 is 2.13 bits per heavy atom. The van der Waals surface area contributed by atoms with Crippen molar-refractivity contribution in [3.05, 3.63) is 17.3 Å². The number of rotatable bonds is 3. The number of nitrogens with one attached hydrogen (secondary N) is 1. The van der Waals surface area contributed by atoms with Crippen molar-refractivity contribution in [1.82, 2.24) is 10.2 Å². The van der Waals surface area contributed by atoms with Crippen molar-refractivity contribution >= 4 is 29.3 Å². The Kier molecular flexibility index (Phi) is 3.56. The third-order valence-corrected chi connectivity index (χ3v) is 1.85. The van der Waals surface area contributed by atoms with Crippen LogP contribution in [-0.2, 0) is 9.59 Å². The topological polar surface area (TPSA) is 92.2 Å². The largest absolute Gasteiger partial charge is 0.481 e. The minimum atomic E-state index is -1.20. The molecule has 2 N–H and O–H groups in total. The first-order valence-electron chi connectivity index (χ1n) is 4.03. The second-order valence-corrected chi connectivity index (χ2v) is 3.18. The predicted octanol–water partition coefficient (Wildman–Crippen LogP) is 0.789. The van der Waals surface area contributed by atoms with Crippen molar-refractivity contribution < 1.29 is 14.7 Å². The van der Waals surface area contributed by atoms with Gasteiger partial charge >= 0.3 is 5.97 Å². The molecule has 0 radical (unpaired) electrons. The lowest BCUT2D eigenvalue weighted by Gasteiger charge is -2.06. The second-order valence-electron chi connectivity index (χ2n) is 2.79. The molecule has 1 unspecified atom stereocenters. The summed E-state index contributed by atoms with van der Waals surface area (Å²) in [6, 6.07) is 2.87. The van der Waals surface area contributed by atoms with Crippen LogP contribution in [0.1, 0.15) is 6.92 Å². The average molecular weight is 230 g/mol. The fraction of sp³-hybridized carbons (Fsp3) is 0.250. The van der Waals surface area contributed by atoms with Crippen LogP contribution in [-0.4, -0.2) is 27.2 Å². The Bertz CT molecular complexity index is 379. The van der Waals surface area contributed by atoms with Crippen molar-refractivity contribution in [2.45, 2.75) is 6.92 Å². The Labute approximate surface area is 90.3 Å². The van der Waals surface area contributed by atoms with E-state index in [1.807, 2.05) is 0 Å². The second kappa shape index (κ2) is 4.70. The molecule has 15 heavy (non-hydrogen) atoms. The molecule has 1 atom stereocenters. The summed E-state index contributed by atoms with van der Waals surface area (Å²) in [4.78, 5) is 21.7. The number of nitrogens with zero attached hydrogens (tertiary/aromatic N) is 2. The number of aliphatic carboxylic acids is 1. The van der Waals surface area contributed by atoms with E-state index in [0.29, 0.717) is 0 Å². The highest BCUT2D eigenvalue weighted by atomic mass is 35.5. The number of halogens is 1. The number of carbonyl (C=O) groups is 2. The van der Waals surface area contributed by atoms with E-state index in [-0.39, 0.29) is 11.0 Å². The van der Waals surface area contributed by atoms with Gasteiger partial charge in [0.1, 0.15) is 5.92 Å². The fourth-order valence-corrected chi connectivity index (χ4v) is 0.830. The maximum Gasteiger partial charge on any atom is 0.315 e. The minimum Gasteiger partial charge on any atom is -0.481 e. The maximum atomic E-state index is 11.2. The van der Waals surface area contributed by atoms with Gasteiger partial charge in [0.2, 0.25) is 5.91 Å². The SMILES string of the molecule is CC(C(=O)O)C(=O)Nc1ccc(Cl)nn1. The van der Waals surface area contributed by atoms with Crippen molar-refractivity contribution in [1.29, 1.82) is 0 Å². The van der Waals surface area contributed by atoms with Gasteiger partial charge in [0.05, 0.1) is 0 Å². The summed E-state index contributed by atoms with van der Waals surface area (Å²) < 4.78 is 0. The first-order valence-corrected chi connectivity index (χ1v) is 4.41. The summed E-state index contributed by atoms with van der Waals surface area (Å²) in [6.45, 7) is 1.28. The van der Waals surface area contributed by atoms with Gasteiger partial charge in [0.15, 0.2) is 11.0 Å². The normalized spacial score (nSPS) is 11.9. The molecule has 1 aromatic heterocycles. The smallest absolute Gasteiger partial charge is 0.315 e. The molecule has 0 fully saturated rings. The lowest BCUT2D eigenvalue weighted by molar-refractivity contribution is -0.144. The first kappa shape index (κ1) is 11.4. The van der Waals surface area contributed by atoms with Crippen LogP contribution in [0.15, 0.2) is 12.1 Å². The highest BCUT2D eigenvalue weighted by Gasteiger charge is 2.20. The zero-order valence-electron chi connectivity index (χ0n) is 7.77. The van der Waals surface area contributed by atoms with E-state index < -0.39 is 17.8 Å². The van der Waals surface area contributed by atoms with Gasteiger partial charge < -0.3 is 10.4 Å². The average Bonchev–Trinajstić information content (AvgIpc) is 2.20. The van der Waals surface area contributed by atoms with Gasteiger partial charge in [-0.2, -0.15) is 0 Å². The minimum absolute atomic E-state index is 0.164. The van der Waals surface area contributed by atoms with Crippen LogP contribution in [0.4, 0.5) is 5.82 Å². The van der Waals surface area contributed by atoms with E-state index in [2.05, 4.69) is 15.5 Å². The van der Waals surface area contributed by atoms with Crippen LogP contribution in [0, 0.1) is 5.92 Å². The molecule has 1 amide bonds. The van der Waals surface area contributed by atoms with Crippen LogP contribution in [0.25, 0.3) is 0 Å². The molecule has 0 spiro atoms. The zero-order chi connectivity index (χ0) is 11.4. The third-order valence-electron chi connectivity index (χ3n) is 1.65. The van der Waals surface area contributed by atoms with Gasteiger partial charge in [-0.3, -0.25) is 9.59 Å². The molecule has 80 valence electrons. The number of hydrogen-bond donors (Lipinski definition) is 2. The predicted molar refractivity (Wildman–Crippen MR) is 52.5 cm³/mol. The van der Waals surface area contributed by atoms with Gasteiger partial charge in [-0.25, -0.2) is 0 Å². The maximum absolute atomic E-state index is 11.2. The Morgan fingerprint density at radius 1 is 1.47 bits per heavy atom. The molecular formula is C8H8ClN3O3. The van der Waals surface area contributed by atoms with Crippen LogP contribution in [0.3, 0.4) is 0 Å². The van der Waals surface area contributed by atoms with Crippen LogP contribution >= 0.6 is 11.6 Å². The van der Waals surface area contributed by atoms with E-state index in [1.165, 1.54) is 19.1 Å². The zero-order valence-corrected chi connectivity index (χ0v) is 8.52. The van der Waals surface area contributed by atoms with E-state index >= 15 is 0 Å². The summed E-state index contributed by atoms with van der Waals surface area (Å²) in [7, 11) is 0. The Morgan fingerprint density at radius 3 is 2.60 bits per heavy atom. The van der Waals surface area contributed by atoms with E-state index in [4.69, 9.17) is 16.7 Å². The fourth-order valence-electron chi connectivity index (χ4n) is 0.729. The first-order chi connectivity index (χ1) is 7.00. The number of amides is 1. The van der Waals surface area contributed by atoms with Crippen molar-refractivity contribution in [3.63, 3.8) is 0 Å². The lowest BCUT2D eigenvalue weighted by atomic mass is 10.2. The quantitative estimate of drug-likeness (QED) is 0.748. The summed E-state index contributed by atoms with van der Waals surface area (Å²) in [5.41, 5.74) is 0. The third kappa shape index (κ3) is 3.17. The molecule has 1 rings (SSSR count). The van der Waals surface area contributed by atoms with E-state index in [0.717, 1.165) is 0 Å². The van der Waals surface area contributed by atoms with Gasteiger partial charge in [-0.1, -0.05) is 11.6 Å². The van der Waals surface area contributed by atoms with Crippen molar-refractivity contribution in [2.24, 2.45) is 5.92 Å². The lowest BCUT2D eigenvalue weighted by Crippen LogP contribution is -2.27. The van der Waals surface area contributed by atoms with Crippen LogP contribution < -0.4 is 5.32 Å². The number of hydrogen-bond acceptors (Lipinski definition) is 4. The Hall–Kier alpha value is -1.69. The number of carboxylic acid groups (broad SMARTS) is 1. The molecule has 1 aromatic rings. The standard InChI is InChI=1S/C8H8ClN3O3/c1-4(8(14)15)7(13)10-6-3-2-5(9)11-12-6/h2-4H,1H3,(H,14,15)(H,10,12,13). The molecule has 0 bridgehead atoms. The van der Waals surface area contributed by atoms with Crippen molar-refractivity contribution in [3.8, 4) is 0 Å². The molecule has 0 aromatic carbocycles. The summed E-state index contributed by atoms with van der Waals surface area (Å²) in [6.07, 6.45) is 0. The highest BCUT2D eigenvalue weighted by molar-refractivity contribution is 6.29. The van der Waals surface area contributed by atoms with Gasteiger partial charge in [-0.05, 0) is 19.1 Å². The van der Waals surface area contributed by atoms with Gasteiger partial charge in [0, 0.05) is 0 Å². The van der Waals surface area contributed by atoms with E-state index in [1.54, 1.807) is 0 Å². The highest BCUT2D eigenvalue weighted by Crippen LogP contribution is 2.07. The number of aromatic nitrogens is 2. The molecule has 0 saturated carbocycles. The molecule has 0 saturated heterocycles. The molecule has 0 aliphatic rings. The summed E-state index contributed by atoms with van der Waals surface area (Å²) in [5.74, 6) is -2.83. The van der Waals surface area contributed by atoms with Gasteiger partial charge in [-0.15, -0.1) is 10.2 Å². The molecule has 7 heteroatoms. The van der Waals surface area contributed by atoms with Crippen molar-refractivity contribution in [2.75, 3.05) is 5.32 Å². The summed E-state index contributed by atoms with van der Waals surface area (Å²) in [5, 5.41) is 18.1. The molecule has 1 heterocycles.